The number of aliphatic hydroxyl groups is 2. The summed E-state index contributed by atoms with van der Waals surface area (Å²) < 4.78 is 6.72. The number of fused-ring (bicyclic) bond motifs is 1. The van der Waals surface area contributed by atoms with Gasteiger partial charge in [-0.05, 0) is 111 Å². The van der Waals surface area contributed by atoms with Crippen molar-refractivity contribution in [1.29, 1.82) is 0 Å². The van der Waals surface area contributed by atoms with Crippen LogP contribution in [-0.4, -0.2) is 36.3 Å². The number of hydrogen-bond donors (Lipinski definition) is 2. The Morgan fingerprint density at radius 1 is 1.16 bits per heavy atom. The highest BCUT2D eigenvalue weighted by Gasteiger charge is 2.50. The summed E-state index contributed by atoms with van der Waals surface area (Å²) in [6.45, 7) is 24.6. The van der Waals surface area contributed by atoms with Gasteiger partial charge in [0.1, 0.15) is 0 Å². The Morgan fingerprint density at radius 2 is 1.84 bits per heavy atom. The van der Waals surface area contributed by atoms with Crippen molar-refractivity contribution in [2.45, 2.75) is 149 Å². The highest BCUT2D eigenvalue weighted by atomic mass is 28.4. The van der Waals surface area contributed by atoms with Crippen LogP contribution in [0.2, 0.25) is 18.1 Å². The third-order valence-electron chi connectivity index (χ3n) is 10.7. The van der Waals surface area contributed by atoms with Crippen LogP contribution in [0.1, 0.15) is 113 Å². The van der Waals surface area contributed by atoms with Crippen LogP contribution in [0.25, 0.3) is 0 Å². The largest absolute Gasteiger partial charge is 0.413 e. The first-order valence-electron chi connectivity index (χ1n) is 15.1. The molecule has 0 radical (unpaired) electrons. The molecule has 0 aromatic carbocycles. The zero-order chi connectivity index (χ0) is 27.8. The summed E-state index contributed by atoms with van der Waals surface area (Å²) in [6.07, 6.45) is 15.4. The Balaban J connectivity index is 1.73. The number of aliphatic hydroxyl groups excluding tert-OH is 1. The Kier molecular flexibility index (Phi) is 9.53. The molecule has 0 aromatic heterocycles. The molecule has 0 bridgehead atoms. The van der Waals surface area contributed by atoms with E-state index in [2.05, 4.69) is 66.4 Å². The second-order valence-corrected chi connectivity index (χ2v) is 19.9. The number of allylic oxidation sites excluding steroid dienone is 3. The summed E-state index contributed by atoms with van der Waals surface area (Å²) in [6, 6.07) is 0. The van der Waals surface area contributed by atoms with E-state index in [0.29, 0.717) is 23.7 Å². The van der Waals surface area contributed by atoms with E-state index in [1.54, 1.807) is 5.57 Å². The predicted molar refractivity (Wildman–Crippen MR) is 160 cm³/mol. The van der Waals surface area contributed by atoms with Gasteiger partial charge in [-0.1, -0.05) is 71.8 Å². The highest BCUT2D eigenvalue weighted by molar-refractivity contribution is 6.74. The van der Waals surface area contributed by atoms with Crippen LogP contribution in [0.15, 0.2) is 35.5 Å². The second kappa shape index (κ2) is 11.4. The number of rotatable bonds is 8. The molecule has 6 unspecified atom stereocenters. The summed E-state index contributed by atoms with van der Waals surface area (Å²) in [5.41, 5.74) is 3.50. The molecule has 0 heterocycles. The van der Waals surface area contributed by atoms with Gasteiger partial charge in [0, 0.05) is 6.42 Å². The van der Waals surface area contributed by atoms with Crippen LogP contribution in [-0.2, 0) is 4.43 Å². The van der Waals surface area contributed by atoms with Crippen LogP contribution in [0.4, 0.5) is 0 Å². The van der Waals surface area contributed by atoms with Gasteiger partial charge in [-0.3, -0.25) is 0 Å². The van der Waals surface area contributed by atoms with Gasteiger partial charge in [0.2, 0.25) is 0 Å². The summed E-state index contributed by atoms with van der Waals surface area (Å²) in [7, 11) is -1.89. The van der Waals surface area contributed by atoms with Gasteiger partial charge in [0.05, 0.1) is 17.8 Å². The van der Waals surface area contributed by atoms with Crippen molar-refractivity contribution >= 4 is 8.32 Å². The molecular formula is C33H58O3Si. The molecule has 0 aromatic rings. The lowest BCUT2D eigenvalue weighted by atomic mass is 9.60. The van der Waals surface area contributed by atoms with Crippen molar-refractivity contribution in [2.75, 3.05) is 0 Å². The minimum absolute atomic E-state index is 0.0725. The average molecular weight is 531 g/mol. The lowest BCUT2D eigenvalue weighted by Gasteiger charge is -2.44. The fourth-order valence-corrected chi connectivity index (χ4v) is 8.77. The molecule has 0 amide bonds. The molecule has 37 heavy (non-hydrogen) atoms. The molecule has 6 atom stereocenters. The molecule has 3 aliphatic rings. The molecule has 3 aliphatic carbocycles. The standard InChI is InChI=1S/C33H58O3Si/c1-23(13-11-19-32(6,7)35)28-17-18-29-25(14-12-20-33(28,29)8)15-16-26-21-27(22-30(34)24(26)2)36-37(9,10)31(3,4)5/h15-16,23,27-30,34-35H,2,11-14,17-22H2,1,3-10H3. The molecule has 2 N–H and O–H groups in total. The molecule has 3 saturated carbocycles. The summed E-state index contributed by atoms with van der Waals surface area (Å²) >= 11 is 0. The first-order valence-corrected chi connectivity index (χ1v) is 18.0. The second-order valence-electron chi connectivity index (χ2n) is 15.2. The Bertz CT molecular complexity index is 871. The summed E-state index contributed by atoms with van der Waals surface area (Å²) in [5, 5.41) is 21.1. The molecular weight excluding hydrogens is 472 g/mol. The van der Waals surface area contributed by atoms with Crippen molar-refractivity contribution in [3.63, 3.8) is 0 Å². The Labute approximate surface area is 230 Å². The highest BCUT2D eigenvalue weighted by Crippen LogP contribution is 2.60. The monoisotopic (exact) mass is 530 g/mol. The predicted octanol–water partition coefficient (Wildman–Crippen LogP) is 8.73. The van der Waals surface area contributed by atoms with Crippen LogP contribution in [0.5, 0.6) is 0 Å². The topological polar surface area (TPSA) is 49.7 Å². The van der Waals surface area contributed by atoms with Gasteiger partial charge >= 0.3 is 0 Å². The van der Waals surface area contributed by atoms with Crippen molar-refractivity contribution in [2.24, 2.45) is 23.2 Å². The fraction of sp³-hybridized carbons (Fsp3) is 0.818. The van der Waals surface area contributed by atoms with E-state index in [-0.39, 0.29) is 11.1 Å². The normalized spacial score (nSPS) is 34.7. The third kappa shape index (κ3) is 7.29. The zero-order valence-electron chi connectivity index (χ0n) is 25.6. The maximum absolute atomic E-state index is 10.8. The van der Waals surface area contributed by atoms with E-state index in [9.17, 15) is 10.2 Å². The fourth-order valence-electron chi connectivity index (χ4n) is 7.40. The molecule has 0 saturated heterocycles. The van der Waals surface area contributed by atoms with E-state index in [1.165, 1.54) is 44.1 Å². The first-order chi connectivity index (χ1) is 16.9. The van der Waals surface area contributed by atoms with E-state index >= 15 is 0 Å². The lowest BCUT2D eigenvalue weighted by Crippen LogP contribution is -2.46. The minimum Gasteiger partial charge on any atom is -0.413 e. The van der Waals surface area contributed by atoms with Gasteiger partial charge in [-0.2, -0.15) is 0 Å². The van der Waals surface area contributed by atoms with Gasteiger partial charge in [-0.25, -0.2) is 0 Å². The Hall–Kier alpha value is -0.683. The van der Waals surface area contributed by atoms with E-state index < -0.39 is 20.0 Å². The van der Waals surface area contributed by atoms with Crippen LogP contribution < -0.4 is 0 Å². The molecule has 3 nitrogen and oxygen atoms in total. The van der Waals surface area contributed by atoms with Crippen LogP contribution >= 0.6 is 0 Å². The maximum atomic E-state index is 10.8. The van der Waals surface area contributed by atoms with Gasteiger partial charge < -0.3 is 14.6 Å². The minimum atomic E-state index is -1.89. The number of hydrogen-bond acceptors (Lipinski definition) is 3. The van der Waals surface area contributed by atoms with Crippen molar-refractivity contribution in [3.8, 4) is 0 Å². The first kappa shape index (κ1) is 30.9. The van der Waals surface area contributed by atoms with E-state index in [4.69, 9.17) is 4.43 Å². The van der Waals surface area contributed by atoms with Crippen molar-refractivity contribution < 1.29 is 14.6 Å². The van der Waals surface area contributed by atoms with Crippen LogP contribution in [0.3, 0.4) is 0 Å². The van der Waals surface area contributed by atoms with E-state index in [0.717, 1.165) is 30.8 Å². The Morgan fingerprint density at radius 3 is 2.46 bits per heavy atom. The maximum Gasteiger partial charge on any atom is 0.192 e. The summed E-state index contributed by atoms with van der Waals surface area (Å²) in [5.74, 6) is 2.14. The molecule has 3 fully saturated rings. The zero-order valence-corrected chi connectivity index (χ0v) is 26.6. The quantitative estimate of drug-likeness (QED) is 0.308. The van der Waals surface area contributed by atoms with Crippen molar-refractivity contribution in [3.05, 3.63) is 35.5 Å². The van der Waals surface area contributed by atoms with Gasteiger partial charge in [0.25, 0.3) is 0 Å². The van der Waals surface area contributed by atoms with Gasteiger partial charge in [0.15, 0.2) is 8.32 Å². The molecule has 0 aliphatic heterocycles. The van der Waals surface area contributed by atoms with Gasteiger partial charge in [-0.15, -0.1) is 0 Å². The SMILES string of the molecule is C=C1C(=CC=C2CCCC3(C)C2CCC3C(C)CCCC(C)(C)O)CC(O[Si](C)(C)C(C)(C)C)CC1O. The third-order valence-corrected chi connectivity index (χ3v) is 15.2. The molecule has 4 heteroatoms. The molecule has 3 rings (SSSR count). The smallest absolute Gasteiger partial charge is 0.192 e. The average Bonchev–Trinajstić information content (AvgIpc) is 3.10. The lowest BCUT2D eigenvalue weighted by molar-refractivity contribution is 0.0596. The summed E-state index contributed by atoms with van der Waals surface area (Å²) in [4.78, 5) is 0. The molecule has 212 valence electrons. The van der Waals surface area contributed by atoms with Crippen molar-refractivity contribution in [1.82, 2.24) is 0 Å². The van der Waals surface area contributed by atoms with E-state index in [1.807, 2.05) is 13.8 Å². The molecule has 0 spiro atoms. The van der Waals surface area contributed by atoms with Crippen LogP contribution in [0, 0.1) is 23.2 Å².